The summed E-state index contributed by atoms with van der Waals surface area (Å²) in [5.41, 5.74) is 1.34. The molecule has 2 aromatic rings. The molecule has 7 heteroatoms. The van der Waals surface area contributed by atoms with Crippen molar-refractivity contribution in [2.45, 2.75) is 63.8 Å². The molecule has 2 unspecified atom stereocenters. The summed E-state index contributed by atoms with van der Waals surface area (Å²) < 4.78 is 2.04. The van der Waals surface area contributed by atoms with Crippen LogP contribution in [0.3, 0.4) is 0 Å². The number of fused-ring (bicyclic) bond motifs is 2. The summed E-state index contributed by atoms with van der Waals surface area (Å²) >= 11 is 1.91. The van der Waals surface area contributed by atoms with Gasteiger partial charge in [-0.2, -0.15) is 0 Å². The van der Waals surface area contributed by atoms with Crippen LogP contribution in [-0.2, 0) is 30.6 Å². The van der Waals surface area contributed by atoms with E-state index in [9.17, 15) is 4.79 Å². The van der Waals surface area contributed by atoms with Crippen LogP contribution in [0.15, 0.2) is 6.33 Å². The van der Waals surface area contributed by atoms with Crippen LogP contribution in [0, 0.1) is 5.92 Å². The molecule has 0 N–H and O–H groups in total. The Morgan fingerprint density at radius 2 is 2.04 bits per heavy atom. The average molecular weight is 372 g/mol. The van der Waals surface area contributed by atoms with Gasteiger partial charge in [-0.1, -0.05) is 0 Å². The van der Waals surface area contributed by atoms with Crippen LogP contribution in [0.25, 0.3) is 0 Å². The van der Waals surface area contributed by atoms with Crippen molar-refractivity contribution >= 4 is 17.2 Å². The first-order valence-corrected chi connectivity index (χ1v) is 10.7. The van der Waals surface area contributed by atoms with Gasteiger partial charge in [0.25, 0.3) is 0 Å². The third-order valence-electron chi connectivity index (χ3n) is 6.12. The lowest BCUT2D eigenvalue weighted by atomic mass is 9.94. The molecule has 1 amide bonds. The van der Waals surface area contributed by atoms with Crippen molar-refractivity contribution < 1.29 is 4.79 Å². The molecule has 1 saturated heterocycles. The Bertz CT molecular complexity index is 789. The first-order valence-electron chi connectivity index (χ1n) is 9.92. The molecule has 0 saturated carbocycles. The molecular weight excluding hydrogens is 346 g/mol. The normalized spacial score (nSPS) is 25.6. The minimum Gasteiger partial charge on any atom is -0.342 e. The number of nitrogens with zero attached hydrogens (tertiary/aromatic N) is 5. The number of rotatable bonds is 2. The van der Waals surface area contributed by atoms with Crippen molar-refractivity contribution in [2.75, 3.05) is 13.1 Å². The van der Waals surface area contributed by atoms with Gasteiger partial charge in [0.05, 0.1) is 16.6 Å². The van der Waals surface area contributed by atoms with Crippen LogP contribution >= 0.6 is 11.3 Å². The Balaban J connectivity index is 1.28. The molecule has 6 nitrogen and oxygen atoms in total. The molecule has 4 heterocycles. The molecule has 0 aromatic carbocycles. The van der Waals surface area contributed by atoms with Crippen molar-refractivity contribution in [3.05, 3.63) is 27.7 Å². The van der Waals surface area contributed by atoms with Crippen molar-refractivity contribution in [3.8, 4) is 0 Å². The summed E-state index contributed by atoms with van der Waals surface area (Å²) in [6.07, 6.45) is 10.7. The highest BCUT2D eigenvalue weighted by molar-refractivity contribution is 7.11. The van der Waals surface area contributed by atoms with Gasteiger partial charge in [-0.05, 0) is 44.9 Å². The minimum absolute atomic E-state index is 0.0711. The molecule has 0 bridgehead atoms. The summed E-state index contributed by atoms with van der Waals surface area (Å²) in [4.78, 5) is 21.7. The highest BCUT2D eigenvalue weighted by Gasteiger charge is 2.33. The molecule has 138 valence electrons. The summed E-state index contributed by atoms with van der Waals surface area (Å²) in [7, 11) is 0. The average Bonchev–Trinajstić information content (AvgIpc) is 3.33. The third kappa shape index (κ3) is 2.96. The van der Waals surface area contributed by atoms with E-state index in [0.717, 1.165) is 57.6 Å². The lowest BCUT2D eigenvalue weighted by Gasteiger charge is -2.35. The van der Waals surface area contributed by atoms with Crippen molar-refractivity contribution in [2.24, 2.45) is 5.92 Å². The first-order chi connectivity index (χ1) is 12.8. The van der Waals surface area contributed by atoms with E-state index in [4.69, 9.17) is 4.98 Å². The Morgan fingerprint density at radius 3 is 2.96 bits per heavy atom. The van der Waals surface area contributed by atoms with E-state index in [-0.39, 0.29) is 5.92 Å². The van der Waals surface area contributed by atoms with E-state index >= 15 is 0 Å². The van der Waals surface area contributed by atoms with Gasteiger partial charge in [-0.15, -0.1) is 21.5 Å². The summed E-state index contributed by atoms with van der Waals surface area (Å²) in [5.74, 6) is 1.83. The minimum atomic E-state index is 0.0711. The number of hydrogen-bond donors (Lipinski definition) is 0. The number of carbonyl (C=O) groups excluding carboxylic acids is 1. The second-order valence-electron chi connectivity index (χ2n) is 7.89. The molecule has 5 rings (SSSR count). The molecule has 1 aliphatic carbocycles. The predicted molar refractivity (Wildman–Crippen MR) is 99.1 cm³/mol. The van der Waals surface area contributed by atoms with Crippen LogP contribution in [0.1, 0.15) is 59.4 Å². The predicted octanol–water partition coefficient (Wildman–Crippen LogP) is 2.58. The lowest BCUT2D eigenvalue weighted by molar-refractivity contribution is -0.137. The zero-order valence-corrected chi connectivity index (χ0v) is 15.9. The molecule has 0 spiro atoms. The Labute approximate surface area is 157 Å². The van der Waals surface area contributed by atoms with Crippen LogP contribution in [-0.4, -0.2) is 43.6 Å². The SMILES string of the molecule is O=C(C1CCc2nncn2C1)N1CCCC(c2nc3c(s2)CCCC3)C1. The fourth-order valence-electron chi connectivity index (χ4n) is 4.64. The summed E-state index contributed by atoms with van der Waals surface area (Å²) in [5, 5.41) is 9.38. The van der Waals surface area contributed by atoms with Crippen LogP contribution in [0.4, 0.5) is 0 Å². The van der Waals surface area contributed by atoms with E-state index in [1.807, 2.05) is 15.9 Å². The second-order valence-corrected chi connectivity index (χ2v) is 9.00. The Hall–Kier alpha value is -1.76. The smallest absolute Gasteiger partial charge is 0.227 e. The van der Waals surface area contributed by atoms with E-state index in [1.165, 1.54) is 34.8 Å². The van der Waals surface area contributed by atoms with Gasteiger partial charge in [0.15, 0.2) is 0 Å². The van der Waals surface area contributed by atoms with Crippen molar-refractivity contribution in [1.82, 2.24) is 24.6 Å². The molecule has 3 aliphatic rings. The Kier molecular flexibility index (Phi) is 4.27. The fraction of sp³-hybridized carbons (Fsp3) is 0.684. The monoisotopic (exact) mass is 371 g/mol. The number of hydrogen-bond acceptors (Lipinski definition) is 5. The van der Waals surface area contributed by atoms with E-state index in [1.54, 1.807) is 6.33 Å². The summed E-state index contributed by atoms with van der Waals surface area (Å²) in [6.45, 7) is 2.47. The highest BCUT2D eigenvalue weighted by atomic mass is 32.1. The third-order valence-corrected chi connectivity index (χ3v) is 7.44. The number of aryl methyl sites for hydroxylation is 3. The van der Waals surface area contributed by atoms with Gasteiger partial charge in [-0.25, -0.2) is 4.98 Å². The van der Waals surface area contributed by atoms with Crippen molar-refractivity contribution in [3.63, 3.8) is 0 Å². The standard InChI is InChI=1S/C19H25N5OS/c25-19(14-7-8-17-22-20-12-24(17)11-14)23-9-3-4-13(10-23)18-21-15-5-1-2-6-16(15)26-18/h12-14H,1-11H2. The maximum absolute atomic E-state index is 13.1. The fourth-order valence-corrected chi connectivity index (χ4v) is 5.92. The van der Waals surface area contributed by atoms with Gasteiger partial charge in [0, 0.05) is 36.9 Å². The van der Waals surface area contributed by atoms with E-state index in [0.29, 0.717) is 11.8 Å². The molecule has 1 fully saturated rings. The van der Waals surface area contributed by atoms with Crippen LogP contribution in [0.2, 0.25) is 0 Å². The molecule has 26 heavy (non-hydrogen) atoms. The van der Waals surface area contributed by atoms with Gasteiger partial charge in [0.1, 0.15) is 12.2 Å². The molecule has 2 aromatic heterocycles. The van der Waals surface area contributed by atoms with Gasteiger partial charge >= 0.3 is 0 Å². The number of thiazole rings is 1. The number of likely N-dealkylation sites (tertiary alicyclic amines) is 1. The molecule has 0 radical (unpaired) electrons. The number of piperidine rings is 1. The van der Waals surface area contributed by atoms with Crippen LogP contribution in [0.5, 0.6) is 0 Å². The topological polar surface area (TPSA) is 63.9 Å². The molecule has 2 atom stereocenters. The largest absolute Gasteiger partial charge is 0.342 e. The highest BCUT2D eigenvalue weighted by Crippen LogP contribution is 2.35. The van der Waals surface area contributed by atoms with E-state index in [2.05, 4.69) is 15.1 Å². The number of amides is 1. The molecular formula is C19H25N5OS. The summed E-state index contributed by atoms with van der Waals surface area (Å²) in [6, 6.07) is 0. The first kappa shape index (κ1) is 16.4. The maximum Gasteiger partial charge on any atom is 0.227 e. The van der Waals surface area contributed by atoms with E-state index < -0.39 is 0 Å². The number of aromatic nitrogens is 4. The van der Waals surface area contributed by atoms with Gasteiger partial charge in [-0.3, -0.25) is 4.79 Å². The second kappa shape index (κ2) is 6.76. The quantitative estimate of drug-likeness (QED) is 0.814. The van der Waals surface area contributed by atoms with Crippen LogP contribution < -0.4 is 0 Å². The zero-order chi connectivity index (χ0) is 17.5. The van der Waals surface area contributed by atoms with Gasteiger partial charge in [0.2, 0.25) is 5.91 Å². The van der Waals surface area contributed by atoms with Gasteiger partial charge < -0.3 is 9.47 Å². The zero-order valence-electron chi connectivity index (χ0n) is 15.1. The Morgan fingerprint density at radius 1 is 1.12 bits per heavy atom. The maximum atomic E-state index is 13.1. The van der Waals surface area contributed by atoms with Crippen molar-refractivity contribution in [1.29, 1.82) is 0 Å². The lowest BCUT2D eigenvalue weighted by Crippen LogP contribution is -2.44. The molecule has 2 aliphatic heterocycles. The number of carbonyl (C=O) groups is 1.